The molecule has 1 aliphatic carbocycles. The lowest BCUT2D eigenvalue weighted by Crippen LogP contribution is -2.32. The van der Waals surface area contributed by atoms with Crippen LogP contribution in [-0.2, 0) is 5.41 Å². The van der Waals surface area contributed by atoms with E-state index in [9.17, 15) is 0 Å². The molecular formula is C69H44N4O. The van der Waals surface area contributed by atoms with E-state index in [0.717, 1.165) is 90.0 Å². The molecule has 2 aliphatic rings. The van der Waals surface area contributed by atoms with Crippen molar-refractivity contribution in [3.8, 4) is 90.2 Å². The van der Waals surface area contributed by atoms with Gasteiger partial charge in [0.15, 0.2) is 0 Å². The molecule has 13 aromatic rings. The first kappa shape index (κ1) is 41.9. The average molecular weight is 945 g/mol. The predicted molar refractivity (Wildman–Crippen MR) is 300 cm³/mol. The van der Waals surface area contributed by atoms with Gasteiger partial charge < -0.3 is 4.74 Å². The molecule has 0 atom stereocenters. The Morgan fingerprint density at radius 2 is 0.676 bits per heavy atom. The highest BCUT2D eigenvalue weighted by atomic mass is 16.5. The first-order valence-corrected chi connectivity index (χ1v) is 25.2. The molecule has 0 N–H and O–H groups in total. The Hall–Kier alpha value is -9.84. The zero-order chi connectivity index (χ0) is 48.7. The van der Waals surface area contributed by atoms with Crippen LogP contribution in [-0.4, -0.2) is 19.1 Å². The quantitative estimate of drug-likeness (QED) is 0.160. The largest absolute Gasteiger partial charge is 0.457 e. The second kappa shape index (κ2) is 16.6. The number of hydrogen-bond acceptors (Lipinski definition) is 3. The molecule has 1 aliphatic heterocycles. The average Bonchev–Trinajstić information content (AvgIpc) is 4.26. The highest BCUT2D eigenvalue weighted by Gasteiger charge is 2.51. The maximum Gasteiger partial charge on any atom is 0.145 e. The van der Waals surface area contributed by atoms with Crippen LogP contribution in [0.15, 0.2) is 267 Å². The molecule has 0 amide bonds. The molecule has 5 heteroatoms. The fourth-order valence-corrected chi connectivity index (χ4v) is 11.9. The van der Waals surface area contributed by atoms with Gasteiger partial charge in [0.25, 0.3) is 0 Å². The number of imidazole rings is 2. The predicted octanol–water partition coefficient (Wildman–Crippen LogP) is 17.2. The van der Waals surface area contributed by atoms with E-state index in [1.807, 2.05) is 0 Å². The van der Waals surface area contributed by atoms with Crippen LogP contribution in [0.3, 0.4) is 0 Å². The Bertz CT molecular complexity index is 4140. The van der Waals surface area contributed by atoms with E-state index in [4.69, 9.17) is 14.7 Å². The van der Waals surface area contributed by atoms with Crippen LogP contribution in [0.5, 0.6) is 11.5 Å². The maximum absolute atomic E-state index is 6.60. The highest BCUT2D eigenvalue weighted by molar-refractivity contribution is 5.92. The Balaban J connectivity index is 0.826. The van der Waals surface area contributed by atoms with E-state index in [2.05, 4.69) is 276 Å². The van der Waals surface area contributed by atoms with Crippen molar-refractivity contribution in [2.75, 3.05) is 0 Å². The number of para-hydroxylation sites is 8. The molecule has 11 aromatic carbocycles. The van der Waals surface area contributed by atoms with Crippen molar-refractivity contribution in [2.24, 2.45) is 0 Å². The normalized spacial score (nSPS) is 12.8. The summed E-state index contributed by atoms with van der Waals surface area (Å²) in [5.41, 5.74) is 21.8. The molecule has 5 nitrogen and oxygen atoms in total. The lowest BCUT2D eigenvalue weighted by atomic mass is 9.66. The fourth-order valence-electron chi connectivity index (χ4n) is 11.9. The molecule has 1 spiro atoms. The van der Waals surface area contributed by atoms with E-state index in [1.54, 1.807) is 0 Å². The minimum atomic E-state index is -0.511. The van der Waals surface area contributed by atoms with E-state index < -0.39 is 5.41 Å². The Morgan fingerprint density at radius 1 is 0.284 bits per heavy atom. The van der Waals surface area contributed by atoms with Crippen molar-refractivity contribution >= 4 is 22.1 Å². The summed E-state index contributed by atoms with van der Waals surface area (Å²) in [7, 11) is 0. The number of ether oxygens (including phenoxy) is 1. The zero-order valence-electron chi connectivity index (χ0n) is 40.1. The van der Waals surface area contributed by atoms with Crippen molar-refractivity contribution in [1.29, 1.82) is 0 Å². The summed E-state index contributed by atoms with van der Waals surface area (Å²) in [5, 5.41) is 0. The van der Waals surface area contributed by atoms with Gasteiger partial charge in [0, 0.05) is 33.6 Å². The van der Waals surface area contributed by atoms with Crippen LogP contribution in [0, 0.1) is 0 Å². The van der Waals surface area contributed by atoms with E-state index >= 15 is 0 Å². The van der Waals surface area contributed by atoms with E-state index in [1.165, 1.54) is 44.5 Å². The molecule has 3 heterocycles. The lowest BCUT2D eigenvalue weighted by molar-refractivity contribution is 0.436. The van der Waals surface area contributed by atoms with E-state index in [0.29, 0.717) is 0 Å². The summed E-state index contributed by atoms with van der Waals surface area (Å²) in [5.74, 6) is 3.53. The van der Waals surface area contributed by atoms with Gasteiger partial charge in [-0.15, -0.1) is 0 Å². The third-order valence-corrected chi connectivity index (χ3v) is 15.2. The van der Waals surface area contributed by atoms with Crippen LogP contribution in [0.2, 0.25) is 0 Å². The second-order valence-corrected chi connectivity index (χ2v) is 19.3. The third-order valence-electron chi connectivity index (χ3n) is 15.2. The maximum atomic E-state index is 6.60. The first-order chi connectivity index (χ1) is 36.7. The third kappa shape index (κ3) is 6.43. The Morgan fingerprint density at radius 3 is 1.22 bits per heavy atom. The summed E-state index contributed by atoms with van der Waals surface area (Å²) in [4.78, 5) is 10.7. The molecule has 2 aromatic heterocycles. The molecule has 0 saturated heterocycles. The van der Waals surface area contributed by atoms with Crippen LogP contribution in [0.1, 0.15) is 22.3 Å². The fraction of sp³-hybridized carbons (Fsp3) is 0.0145. The molecule has 0 radical (unpaired) electrons. The van der Waals surface area contributed by atoms with Crippen molar-refractivity contribution in [1.82, 2.24) is 19.1 Å². The van der Waals surface area contributed by atoms with Crippen molar-refractivity contribution < 1.29 is 4.74 Å². The molecule has 346 valence electrons. The summed E-state index contributed by atoms with van der Waals surface area (Å²) in [6, 6.07) is 95.6. The van der Waals surface area contributed by atoms with Gasteiger partial charge in [0.1, 0.15) is 23.1 Å². The minimum absolute atomic E-state index is 0.511. The molecule has 0 bridgehead atoms. The summed E-state index contributed by atoms with van der Waals surface area (Å²) >= 11 is 0. The van der Waals surface area contributed by atoms with Gasteiger partial charge in [0.2, 0.25) is 0 Å². The van der Waals surface area contributed by atoms with Crippen LogP contribution >= 0.6 is 0 Å². The molecule has 15 rings (SSSR count). The van der Waals surface area contributed by atoms with E-state index in [-0.39, 0.29) is 0 Å². The molecular weight excluding hydrogens is 901 g/mol. The standard InChI is InChI=1S/C69H44N4O/c1-3-17-53(18-4-1)72-63-27-13-11-25-61(63)70-67(72)51-41-50(42-52(43-51)68-71-62-26-12-14-28-64(62)73(68)54-19-5-2-6-20-54)48-37-33-46(34-38-48)45-31-35-47(36-32-45)49-39-40-56-55-21-7-8-22-57(55)69(60(56)44-49)58-23-9-15-29-65(58)74-66-30-16-10-24-59(66)69/h1-44H. The van der Waals surface area contributed by atoms with Gasteiger partial charge in [-0.2, -0.15) is 0 Å². The van der Waals surface area contributed by atoms with Gasteiger partial charge in [-0.05, 0) is 141 Å². The van der Waals surface area contributed by atoms with Crippen LogP contribution in [0.25, 0.3) is 101 Å². The number of rotatable bonds is 7. The van der Waals surface area contributed by atoms with Crippen molar-refractivity contribution in [3.05, 3.63) is 289 Å². The second-order valence-electron chi connectivity index (χ2n) is 19.3. The van der Waals surface area contributed by atoms with Gasteiger partial charge in [-0.25, -0.2) is 9.97 Å². The minimum Gasteiger partial charge on any atom is -0.457 e. The van der Waals surface area contributed by atoms with Gasteiger partial charge >= 0.3 is 0 Å². The Kier molecular flexibility index (Phi) is 9.41. The van der Waals surface area contributed by atoms with Crippen molar-refractivity contribution in [2.45, 2.75) is 5.41 Å². The number of benzene rings is 11. The monoisotopic (exact) mass is 944 g/mol. The summed E-state index contributed by atoms with van der Waals surface area (Å²) < 4.78 is 11.1. The lowest BCUT2D eigenvalue weighted by Gasteiger charge is -2.39. The number of fused-ring (bicyclic) bond motifs is 11. The highest BCUT2D eigenvalue weighted by Crippen LogP contribution is 2.62. The van der Waals surface area contributed by atoms with Gasteiger partial charge in [0.05, 0.1) is 27.5 Å². The summed E-state index contributed by atoms with van der Waals surface area (Å²) in [6.07, 6.45) is 0. The number of nitrogens with zero attached hydrogens (tertiary/aromatic N) is 4. The molecule has 74 heavy (non-hydrogen) atoms. The number of aromatic nitrogens is 4. The Labute approximate surface area is 428 Å². The molecule has 0 fully saturated rings. The molecule has 0 saturated carbocycles. The van der Waals surface area contributed by atoms with Gasteiger partial charge in [-0.3, -0.25) is 9.13 Å². The number of hydrogen-bond donors (Lipinski definition) is 0. The molecule has 0 unspecified atom stereocenters. The topological polar surface area (TPSA) is 44.9 Å². The SMILES string of the molecule is c1ccc(-n2c(-c3cc(-c4ccc(-c5ccc(-c6ccc7c(c6)C6(c8ccccc8Oc8ccccc86)c6ccccc6-7)cc5)cc4)cc(-c4nc5ccccc5n4-c4ccccc4)c3)nc3ccccc32)cc1. The van der Waals surface area contributed by atoms with Crippen LogP contribution < -0.4 is 4.74 Å². The first-order valence-electron chi connectivity index (χ1n) is 25.2. The zero-order valence-corrected chi connectivity index (χ0v) is 40.1. The summed E-state index contributed by atoms with van der Waals surface area (Å²) in [6.45, 7) is 0. The smallest absolute Gasteiger partial charge is 0.145 e. The van der Waals surface area contributed by atoms with Crippen molar-refractivity contribution in [3.63, 3.8) is 0 Å². The van der Waals surface area contributed by atoms with Gasteiger partial charge in [-0.1, -0.05) is 182 Å². The van der Waals surface area contributed by atoms with Crippen LogP contribution in [0.4, 0.5) is 0 Å².